The molecule has 9 heteroatoms. The average molecular weight is 518 g/mol. The molecule has 0 aliphatic carbocycles. The summed E-state index contributed by atoms with van der Waals surface area (Å²) in [6.45, 7) is 3.96. The highest BCUT2D eigenvalue weighted by Crippen LogP contribution is 2.43. The molecule has 36 heavy (non-hydrogen) atoms. The average Bonchev–Trinajstić information content (AvgIpc) is 3.44. The molecule has 1 fully saturated rings. The first-order valence-corrected chi connectivity index (χ1v) is 13.8. The van der Waals surface area contributed by atoms with Crippen LogP contribution in [0.1, 0.15) is 34.6 Å². The Kier molecular flexibility index (Phi) is 6.27. The Bertz CT molecular complexity index is 1530. The fourth-order valence-corrected chi connectivity index (χ4v) is 5.67. The monoisotopic (exact) mass is 517 g/mol. The number of hydrogen-bond acceptors (Lipinski definition) is 4. The second-order valence-electron chi connectivity index (χ2n) is 9.01. The van der Waals surface area contributed by atoms with Crippen molar-refractivity contribution in [1.82, 2.24) is 14.9 Å². The first-order chi connectivity index (χ1) is 17.2. The molecule has 2 N–H and O–H groups in total. The van der Waals surface area contributed by atoms with Gasteiger partial charge in [0, 0.05) is 29.5 Å². The van der Waals surface area contributed by atoms with Crippen molar-refractivity contribution in [1.29, 1.82) is 0 Å². The van der Waals surface area contributed by atoms with E-state index in [1.54, 1.807) is 12.3 Å². The van der Waals surface area contributed by atoms with Gasteiger partial charge in [0.25, 0.3) is 0 Å². The summed E-state index contributed by atoms with van der Waals surface area (Å²) in [5, 5.41) is 4.07. The SMILES string of the molecule is Cc1cccc(-n2cccc2[C@@H]2[C@H](c3ccccn3)NC(=S)N2c2ccc(NS(C)(=O)=O)c(C)c2)c1. The summed E-state index contributed by atoms with van der Waals surface area (Å²) in [5.41, 5.74) is 6.39. The lowest BCUT2D eigenvalue weighted by Gasteiger charge is -2.29. The van der Waals surface area contributed by atoms with Crippen molar-refractivity contribution >= 4 is 38.7 Å². The number of nitrogens with zero attached hydrogens (tertiary/aromatic N) is 3. The number of pyridine rings is 1. The van der Waals surface area contributed by atoms with Crippen molar-refractivity contribution in [3.63, 3.8) is 0 Å². The Balaban J connectivity index is 1.64. The number of sulfonamides is 1. The molecule has 0 spiro atoms. The third-order valence-electron chi connectivity index (χ3n) is 6.24. The fourth-order valence-electron chi connectivity index (χ4n) is 4.69. The summed E-state index contributed by atoms with van der Waals surface area (Å²) in [4.78, 5) is 6.73. The number of nitrogens with one attached hydrogen (secondary N) is 2. The smallest absolute Gasteiger partial charge is 0.229 e. The van der Waals surface area contributed by atoms with Gasteiger partial charge in [-0.1, -0.05) is 18.2 Å². The van der Waals surface area contributed by atoms with Gasteiger partial charge in [-0.25, -0.2) is 8.42 Å². The quantitative estimate of drug-likeness (QED) is 0.349. The van der Waals surface area contributed by atoms with Crippen LogP contribution in [0.15, 0.2) is 85.2 Å². The van der Waals surface area contributed by atoms with Gasteiger partial charge in [0.15, 0.2) is 5.11 Å². The molecule has 5 rings (SSSR count). The van der Waals surface area contributed by atoms with E-state index in [2.05, 4.69) is 67.9 Å². The lowest BCUT2D eigenvalue weighted by Crippen LogP contribution is -2.30. The third-order valence-corrected chi connectivity index (χ3v) is 7.15. The highest BCUT2D eigenvalue weighted by Gasteiger charge is 2.42. The molecule has 0 radical (unpaired) electrons. The van der Waals surface area contributed by atoms with Gasteiger partial charge >= 0.3 is 0 Å². The molecule has 2 aromatic heterocycles. The number of benzene rings is 2. The van der Waals surface area contributed by atoms with Gasteiger partial charge in [0.2, 0.25) is 10.0 Å². The fraction of sp³-hybridized carbons (Fsp3) is 0.185. The van der Waals surface area contributed by atoms with Crippen LogP contribution in [0.3, 0.4) is 0 Å². The van der Waals surface area contributed by atoms with Crippen molar-refractivity contribution in [2.24, 2.45) is 0 Å². The van der Waals surface area contributed by atoms with Crippen LogP contribution in [0.2, 0.25) is 0 Å². The Labute approximate surface area is 216 Å². The largest absolute Gasteiger partial charge is 0.351 e. The van der Waals surface area contributed by atoms with E-state index < -0.39 is 10.0 Å². The van der Waals surface area contributed by atoms with E-state index in [4.69, 9.17) is 12.2 Å². The van der Waals surface area contributed by atoms with Crippen LogP contribution >= 0.6 is 12.2 Å². The minimum Gasteiger partial charge on any atom is -0.351 e. The van der Waals surface area contributed by atoms with E-state index in [9.17, 15) is 8.42 Å². The molecule has 2 atom stereocenters. The molecule has 1 aliphatic heterocycles. The molecule has 184 valence electrons. The van der Waals surface area contributed by atoms with Crippen LogP contribution in [0, 0.1) is 13.8 Å². The molecule has 7 nitrogen and oxygen atoms in total. The molecule has 4 aromatic rings. The van der Waals surface area contributed by atoms with Gasteiger partial charge in [-0.2, -0.15) is 0 Å². The lowest BCUT2D eigenvalue weighted by atomic mass is 10.00. The maximum atomic E-state index is 11.8. The van der Waals surface area contributed by atoms with Crippen molar-refractivity contribution in [3.8, 4) is 5.69 Å². The van der Waals surface area contributed by atoms with E-state index >= 15 is 0 Å². The van der Waals surface area contributed by atoms with Gasteiger partial charge in [-0.05, 0) is 91.8 Å². The second kappa shape index (κ2) is 9.40. The van der Waals surface area contributed by atoms with Crippen molar-refractivity contribution in [2.75, 3.05) is 15.9 Å². The summed E-state index contributed by atoms with van der Waals surface area (Å²) in [6, 6.07) is 23.6. The summed E-state index contributed by atoms with van der Waals surface area (Å²) < 4.78 is 28.3. The summed E-state index contributed by atoms with van der Waals surface area (Å²) in [5.74, 6) is 0. The normalized spacial score (nSPS) is 17.8. The number of rotatable bonds is 6. The minimum atomic E-state index is -3.39. The first kappa shape index (κ1) is 24.0. The highest BCUT2D eigenvalue weighted by atomic mass is 32.2. The number of thiocarbonyl (C=S) groups is 1. The molecule has 3 heterocycles. The Morgan fingerprint density at radius 2 is 1.81 bits per heavy atom. The van der Waals surface area contributed by atoms with E-state index in [0.717, 1.165) is 34.6 Å². The summed E-state index contributed by atoms with van der Waals surface area (Å²) in [6.07, 6.45) is 4.99. The Morgan fingerprint density at radius 3 is 2.50 bits per heavy atom. The predicted octanol–water partition coefficient (Wildman–Crippen LogP) is 5.04. The molecular formula is C27H27N5O2S2. The van der Waals surface area contributed by atoms with Crippen LogP contribution in [0.25, 0.3) is 5.69 Å². The van der Waals surface area contributed by atoms with E-state index in [0.29, 0.717) is 10.8 Å². The van der Waals surface area contributed by atoms with Gasteiger partial charge in [-0.15, -0.1) is 0 Å². The van der Waals surface area contributed by atoms with Gasteiger partial charge in [0.05, 0.1) is 23.7 Å². The van der Waals surface area contributed by atoms with E-state index in [1.807, 2.05) is 43.3 Å². The third kappa shape index (κ3) is 4.72. The molecule has 1 aliphatic rings. The number of anilines is 2. The number of aromatic nitrogens is 2. The minimum absolute atomic E-state index is 0.189. The van der Waals surface area contributed by atoms with Gasteiger partial charge in [-0.3, -0.25) is 9.71 Å². The van der Waals surface area contributed by atoms with Crippen LogP contribution < -0.4 is 14.9 Å². The van der Waals surface area contributed by atoms with Crippen LogP contribution in [-0.4, -0.2) is 29.3 Å². The standard InChI is InChI=1S/C27H27N5O2S2/c1-18-8-6-9-20(16-18)31-15-7-11-24(31)26-25(23-10-4-5-14-28-23)29-27(35)32(26)21-12-13-22(19(2)17-21)30-36(3,33)34/h4-17,25-26,30H,1-3H3,(H,29,35)/t25-,26+/m0/s1. The number of hydrogen-bond donors (Lipinski definition) is 2. The first-order valence-electron chi connectivity index (χ1n) is 11.5. The highest BCUT2D eigenvalue weighted by molar-refractivity contribution is 7.92. The topological polar surface area (TPSA) is 79.3 Å². The second-order valence-corrected chi connectivity index (χ2v) is 11.1. The van der Waals surface area contributed by atoms with Crippen LogP contribution in [-0.2, 0) is 10.0 Å². The zero-order chi connectivity index (χ0) is 25.4. The molecule has 2 aromatic carbocycles. The molecule has 1 saturated heterocycles. The Morgan fingerprint density at radius 1 is 0.972 bits per heavy atom. The predicted molar refractivity (Wildman–Crippen MR) is 148 cm³/mol. The zero-order valence-electron chi connectivity index (χ0n) is 20.2. The molecule has 0 amide bonds. The maximum Gasteiger partial charge on any atom is 0.229 e. The van der Waals surface area contributed by atoms with Crippen molar-refractivity contribution in [3.05, 3.63) is 108 Å². The molecule has 0 unspecified atom stereocenters. The Hall–Kier alpha value is -3.69. The molecular weight excluding hydrogens is 490 g/mol. The summed E-state index contributed by atoms with van der Waals surface area (Å²) in [7, 11) is -3.39. The molecule has 0 bridgehead atoms. The van der Waals surface area contributed by atoms with Gasteiger partial charge in [0.1, 0.15) is 6.04 Å². The van der Waals surface area contributed by atoms with Crippen molar-refractivity contribution < 1.29 is 8.42 Å². The van der Waals surface area contributed by atoms with E-state index in [-0.39, 0.29) is 12.1 Å². The zero-order valence-corrected chi connectivity index (χ0v) is 21.8. The van der Waals surface area contributed by atoms with E-state index in [1.165, 1.54) is 5.56 Å². The summed E-state index contributed by atoms with van der Waals surface area (Å²) >= 11 is 5.86. The lowest BCUT2D eigenvalue weighted by molar-refractivity contribution is 0.549. The maximum absolute atomic E-state index is 11.8. The number of aryl methyl sites for hydroxylation is 2. The van der Waals surface area contributed by atoms with Crippen LogP contribution in [0.5, 0.6) is 0 Å². The van der Waals surface area contributed by atoms with Gasteiger partial charge < -0.3 is 14.8 Å². The van der Waals surface area contributed by atoms with Crippen LogP contribution in [0.4, 0.5) is 11.4 Å². The molecule has 0 saturated carbocycles. The van der Waals surface area contributed by atoms with Crippen molar-refractivity contribution in [2.45, 2.75) is 25.9 Å².